The highest BCUT2D eigenvalue weighted by Crippen LogP contribution is 2.47. The molecule has 2 aromatic carbocycles. The van der Waals surface area contributed by atoms with E-state index in [0.29, 0.717) is 17.7 Å². The standard InChI is InChI=1S/C20H20N2O4S/c23-20(22-13-12-21-10-8-14(22)9-11-21)26-17-6-3-5-16-15-4-1-2-7-18(15)27(24,25)19(16)17/h1-7,14H,8-13H2. The lowest BCUT2D eigenvalue weighted by atomic mass is 10.1. The van der Waals surface area contributed by atoms with Crippen molar-refractivity contribution < 1.29 is 17.9 Å². The summed E-state index contributed by atoms with van der Waals surface area (Å²) in [6.07, 6.45) is 1.42. The van der Waals surface area contributed by atoms with Crippen LogP contribution in [0.25, 0.3) is 11.1 Å². The predicted octanol–water partition coefficient (Wildman–Crippen LogP) is 2.78. The van der Waals surface area contributed by atoms with Crippen LogP contribution in [-0.4, -0.2) is 56.5 Å². The minimum absolute atomic E-state index is 0.0995. The molecular weight excluding hydrogens is 364 g/mol. The van der Waals surface area contributed by atoms with Crippen LogP contribution >= 0.6 is 0 Å². The Labute approximate surface area is 158 Å². The number of piperidine rings is 1. The predicted molar refractivity (Wildman–Crippen MR) is 99.5 cm³/mol. The van der Waals surface area contributed by atoms with Crippen molar-refractivity contribution in [1.82, 2.24) is 9.80 Å². The van der Waals surface area contributed by atoms with E-state index < -0.39 is 15.9 Å². The average Bonchev–Trinajstić information content (AvgIpc) is 2.88. The lowest BCUT2D eigenvalue weighted by molar-refractivity contribution is 0.130. The summed E-state index contributed by atoms with van der Waals surface area (Å²) in [5.41, 5.74) is 1.26. The van der Waals surface area contributed by atoms with Gasteiger partial charge >= 0.3 is 6.09 Å². The van der Waals surface area contributed by atoms with Crippen molar-refractivity contribution in [3.8, 4) is 16.9 Å². The molecule has 0 saturated carbocycles. The van der Waals surface area contributed by atoms with E-state index in [-0.39, 0.29) is 21.6 Å². The first-order chi connectivity index (χ1) is 13.1. The largest absolute Gasteiger partial charge is 0.415 e. The van der Waals surface area contributed by atoms with Crippen LogP contribution in [0, 0.1) is 0 Å². The maximum absolute atomic E-state index is 13.0. The Morgan fingerprint density at radius 2 is 1.67 bits per heavy atom. The van der Waals surface area contributed by atoms with E-state index in [1.54, 1.807) is 41.3 Å². The van der Waals surface area contributed by atoms with Gasteiger partial charge in [-0.05, 0) is 25.0 Å². The van der Waals surface area contributed by atoms with Crippen molar-refractivity contribution in [1.29, 1.82) is 0 Å². The Morgan fingerprint density at radius 3 is 2.48 bits per heavy atom. The average molecular weight is 384 g/mol. The van der Waals surface area contributed by atoms with Gasteiger partial charge in [0.05, 0.1) is 4.90 Å². The summed E-state index contributed by atoms with van der Waals surface area (Å²) in [5.74, 6) is 0.118. The first kappa shape index (κ1) is 16.8. The van der Waals surface area contributed by atoms with Crippen molar-refractivity contribution >= 4 is 15.9 Å². The molecule has 6 nitrogen and oxygen atoms in total. The molecule has 2 aromatic rings. The van der Waals surface area contributed by atoms with E-state index in [4.69, 9.17) is 4.74 Å². The summed E-state index contributed by atoms with van der Waals surface area (Å²) in [7, 11) is -3.69. The Bertz CT molecular complexity index is 1030. The van der Waals surface area contributed by atoms with Crippen LogP contribution in [0.4, 0.5) is 4.79 Å². The number of rotatable bonds is 1. The van der Waals surface area contributed by atoms with Gasteiger partial charge in [0.15, 0.2) is 5.75 Å². The molecule has 0 N–H and O–H groups in total. The molecule has 4 heterocycles. The third-order valence-electron chi connectivity index (χ3n) is 5.80. The number of amides is 1. The molecule has 3 fully saturated rings. The molecule has 0 aromatic heterocycles. The summed E-state index contributed by atoms with van der Waals surface area (Å²) < 4.78 is 31.7. The van der Waals surface area contributed by atoms with E-state index in [1.165, 1.54) is 0 Å². The zero-order valence-corrected chi connectivity index (χ0v) is 15.6. The van der Waals surface area contributed by atoms with E-state index in [1.807, 2.05) is 6.07 Å². The van der Waals surface area contributed by atoms with Crippen LogP contribution in [0.3, 0.4) is 0 Å². The number of carbonyl (C=O) groups is 1. The number of ether oxygens (including phenoxy) is 1. The molecule has 4 aliphatic heterocycles. The van der Waals surface area contributed by atoms with Gasteiger partial charge in [-0.1, -0.05) is 30.3 Å². The number of benzene rings is 2. The third kappa shape index (κ3) is 2.56. The molecule has 3 saturated heterocycles. The van der Waals surface area contributed by atoms with Gasteiger partial charge in [0.25, 0.3) is 0 Å². The number of nitrogens with zero attached hydrogens (tertiary/aromatic N) is 2. The molecular formula is C20H20N2O4S. The first-order valence-corrected chi connectivity index (χ1v) is 10.7. The summed E-state index contributed by atoms with van der Waals surface area (Å²) >= 11 is 0. The minimum Gasteiger partial charge on any atom is -0.409 e. The van der Waals surface area contributed by atoms with Crippen LogP contribution in [0.2, 0.25) is 0 Å². The molecule has 6 rings (SSSR count). The van der Waals surface area contributed by atoms with Crippen LogP contribution in [0.5, 0.6) is 5.75 Å². The fourth-order valence-corrected chi connectivity index (χ4v) is 6.19. The van der Waals surface area contributed by atoms with Gasteiger partial charge in [-0.25, -0.2) is 13.2 Å². The summed E-state index contributed by atoms with van der Waals surface area (Å²) in [4.78, 5) is 17.4. The molecule has 0 unspecified atom stereocenters. The summed E-state index contributed by atoms with van der Waals surface area (Å²) in [5, 5.41) is 0. The molecule has 0 atom stereocenters. The van der Waals surface area contributed by atoms with Gasteiger partial charge in [-0.15, -0.1) is 0 Å². The van der Waals surface area contributed by atoms with Crippen molar-refractivity contribution in [3.05, 3.63) is 42.5 Å². The van der Waals surface area contributed by atoms with Gasteiger partial charge < -0.3 is 14.5 Å². The molecule has 1 amide bonds. The molecule has 0 aliphatic carbocycles. The highest BCUT2D eigenvalue weighted by Gasteiger charge is 2.38. The lowest BCUT2D eigenvalue weighted by Crippen LogP contribution is -2.43. The second-order valence-electron chi connectivity index (χ2n) is 7.27. The van der Waals surface area contributed by atoms with Gasteiger partial charge in [0.1, 0.15) is 4.90 Å². The molecule has 0 spiro atoms. The Kier molecular flexibility index (Phi) is 3.77. The Hall–Kier alpha value is -2.38. The van der Waals surface area contributed by atoms with Gasteiger partial charge in [-0.3, -0.25) is 0 Å². The van der Waals surface area contributed by atoms with Crippen LogP contribution in [-0.2, 0) is 9.84 Å². The topological polar surface area (TPSA) is 66.9 Å². The molecule has 0 radical (unpaired) electrons. The van der Waals surface area contributed by atoms with Crippen molar-refractivity contribution in [2.24, 2.45) is 0 Å². The van der Waals surface area contributed by atoms with Crippen molar-refractivity contribution in [3.63, 3.8) is 0 Å². The van der Waals surface area contributed by atoms with Gasteiger partial charge in [0, 0.05) is 43.3 Å². The van der Waals surface area contributed by atoms with Gasteiger partial charge in [-0.2, -0.15) is 0 Å². The fraction of sp³-hybridized carbons (Fsp3) is 0.350. The maximum Gasteiger partial charge on any atom is 0.415 e. The highest BCUT2D eigenvalue weighted by molar-refractivity contribution is 7.92. The van der Waals surface area contributed by atoms with E-state index >= 15 is 0 Å². The lowest BCUT2D eigenvalue weighted by Gasteiger charge is -2.30. The zero-order valence-electron chi connectivity index (χ0n) is 14.8. The monoisotopic (exact) mass is 384 g/mol. The molecule has 7 heteroatoms. The van der Waals surface area contributed by atoms with Crippen molar-refractivity contribution in [2.75, 3.05) is 26.2 Å². The van der Waals surface area contributed by atoms with Crippen LogP contribution in [0.1, 0.15) is 12.8 Å². The summed E-state index contributed by atoms with van der Waals surface area (Å²) in [6, 6.07) is 12.1. The summed E-state index contributed by atoms with van der Waals surface area (Å²) in [6.45, 7) is 3.45. The number of fused-ring (bicyclic) bond motifs is 7. The Morgan fingerprint density at radius 1 is 0.926 bits per heavy atom. The Balaban J connectivity index is 1.51. The second-order valence-corrected chi connectivity index (χ2v) is 9.12. The van der Waals surface area contributed by atoms with E-state index in [9.17, 15) is 13.2 Å². The minimum atomic E-state index is -3.69. The normalized spacial score (nSPS) is 24.8. The van der Waals surface area contributed by atoms with E-state index in [0.717, 1.165) is 32.5 Å². The second kappa shape index (κ2) is 6.07. The van der Waals surface area contributed by atoms with Crippen molar-refractivity contribution in [2.45, 2.75) is 28.7 Å². The SMILES string of the molecule is O=C(Oc1cccc2c1S(=O)(=O)c1ccccc1-2)N1CCN2CCC1CC2. The fourth-order valence-electron chi connectivity index (χ4n) is 4.40. The molecule has 140 valence electrons. The van der Waals surface area contributed by atoms with E-state index in [2.05, 4.69) is 4.90 Å². The van der Waals surface area contributed by atoms with Crippen LogP contribution < -0.4 is 4.74 Å². The molecule has 4 aliphatic rings. The number of hydrogen-bond acceptors (Lipinski definition) is 5. The number of hydrogen-bond donors (Lipinski definition) is 0. The smallest absolute Gasteiger partial charge is 0.409 e. The number of carbonyl (C=O) groups excluding carboxylic acids is 1. The number of sulfone groups is 1. The first-order valence-electron chi connectivity index (χ1n) is 9.24. The molecule has 2 bridgehead atoms. The highest BCUT2D eigenvalue weighted by atomic mass is 32.2. The zero-order chi connectivity index (χ0) is 18.6. The molecule has 27 heavy (non-hydrogen) atoms. The maximum atomic E-state index is 13.0. The quantitative estimate of drug-likeness (QED) is 0.645. The van der Waals surface area contributed by atoms with Gasteiger partial charge in [0.2, 0.25) is 9.84 Å². The third-order valence-corrected chi connectivity index (χ3v) is 7.69. The van der Waals surface area contributed by atoms with Crippen LogP contribution in [0.15, 0.2) is 52.3 Å².